The lowest BCUT2D eigenvalue weighted by atomic mass is 10.1. The molecule has 1 atom stereocenters. The number of likely N-dealkylation sites (tertiary alicyclic amines) is 1. The highest BCUT2D eigenvalue weighted by atomic mass is 16.7. The van der Waals surface area contributed by atoms with E-state index < -0.39 is 12.4 Å². The van der Waals surface area contributed by atoms with Gasteiger partial charge in [0.2, 0.25) is 0 Å². The van der Waals surface area contributed by atoms with Gasteiger partial charge in [-0.05, 0) is 90.3 Å². The molecular formula is C51H93NO8. The molecule has 350 valence electrons. The molecule has 1 aliphatic rings. The molecule has 60 heavy (non-hydrogen) atoms. The molecule has 0 aliphatic carbocycles. The molecule has 0 N–H and O–H groups in total. The van der Waals surface area contributed by atoms with Gasteiger partial charge in [0.25, 0.3) is 0 Å². The van der Waals surface area contributed by atoms with Crippen molar-refractivity contribution in [3.05, 3.63) is 24.3 Å². The van der Waals surface area contributed by atoms with Crippen molar-refractivity contribution in [2.75, 3.05) is 46.1 Å². The molecule has 1 aliphatic heterocycles. The predicted octanol–water partition coefficient (Wildman–Crippen LogP) is 13.3. The first-order chi connectivity index (χ1) is 29.5. The lowest BCUT2D eigenvalue weighted by Gasteiger charge is -2.20. The van der Waals surface area contributed by atoms with E-state index in [1.54, 1.807) is 0 Å². The van der Waals surface area contributed by atoms with E-state index in [0.717, 1.165) is 83.8 Å². The fourth-order valence-corrected chi connectivity index (χ4v) is 7.44. The second-order valence-corrected chi connectivity index (χ2v) is 17.0. The molecular weight excluding hydrogens is 755 g/mol. The topological polar surface area (TPSA) is 101 Å². The van der Waals surface area contributed by atoms with Crippen molar-refractivity contribution in [2.45, 2.75) is 239 Å². The Hall–Kier alpha value is -2.23. The lowest BCUT2D eigenvalue weighted by molar-refractivity contribution is -0.160. The Bertz CT molecular complexity index is 1020. The van der Waals surface area contributed by atoms with Gasteiger partial charge >= 0.3 is 17.9 Å². The molecule has 0 amide bonds. The summed E-state index contributed by atoms with van der Waals surface area (Å²) < 4.78 is 29.2. The maximum atomic E-state index is 12.8. The number of hydrogen-bond acceptors (Lipinski definition) is 9. The molecule has 0 bridgehead atoms. The largest absolute Gasteiger partial charge is 0.466 e. The molecule has 9 heteroatoms. The Balaban J connectivity index is 2.43. The monoisotopic (exact) mass is 848 g/mol. The third-order valence-electron chi connectivity index (χ3n) is 11.3. The zero-order valence-corrected chi connectivity index (χ0v) is 39.3. The second kappa shape index (κ2) is 43.4. The van der Waals surface area contributed by atoms with E-state index in [1.165, 1.54) is 103 Å². The van der Waals surface area contributed by atoms with Gasteiger partial charge in [-0.15, -0.1) is 0 Å². The van der Waals surface area contributed by atoms with Gasteiger partial charge in [0.15, 0.2) is 6.29 Å². The summed E-state index contributed by atoms with van der Waals surface area (Å²) in [4.78, 5) is 40.6. The molecule has 1 saturated heterocycles. The molecule has 0 saturated carbocycles. The molecule has 9 nitrogen and oxygen atoms in total. The molecule has 1 rings (SSSR count). The van der Waals surface area contributed by atoms with Gasteiger partial charge in [-0.2, -0.15) is 0 Å². The first-order valence-corrected chi connectivity index (χ1v) is 25.2. The Morgan fingerprint density at radius 2 is 0.950 bits per heavy atom. The Morgan fingerprint density at radius 3 is 1.53 bits per heavy atom. The fourth-order valence-electron chi connectivity index (χ4n) is 7.44. The van der Waals surface area contributed by atoms with Gasteiger partial charge in [-0.1, -0.05) is 141 Å². The molecule has 0 aromatic rings. The minimum atomic E-state index is -0.491. The summed E-state index contributed by atoms with van der Waals surface area (Å²) in [6, 6.07) is 0. The molecule has 0 aromatic heterocycles. The summed E-state index contributed by atoms with van der Waals surface area (Å²) >= 11 is 0. The van der Waals surface area contributed by atoms with Crippen LogP contribution in [0.1, 0.15) is 226 Å². The van der Waals surface area contributed by atoms with Crippen LogP contribution in [0.3, 0.4) is 0 Å². The van der Waals surface area contributed by atoms with Crippen LogP contribution in [0.4, 0.5) is 0 Å². The van der Waals surface area contributed by atoms with Gasteiger partial charge in [0, 0.05) is 45.3 Å². The summed E-state index contributed by atoms with van der Waals surface area (Å²) in [6.07, 6.45) is 40.3. The molecule has 0 spiro atoms. The third-order valence-corrected chi connectivity index (χ3v) is 11.3. The van der Waals surface area contributed by atoms with E-state index >= 15 is 0 Å². The number of unbranched alkanes of at least 4 members (excludes halogenated alkanes) is 18. The van der Waals surface area contributed by atoms with Crippen LogP contribution < -0.4 is 0 Å². The van der Waals surface area contributed by atoms with Crippen LogP contribution in [0.25, 0.3) is 0 Å². The Labute approximate surface area is 368 Å². The van der Waals surface area contributed by atoms with Crippen LogP contribution in [0.5, 0.6) is 0 Å². The van der Waals surface area contributed by atoms with E-state index in [0.29, 0.717) is 45.3 Å². The van der Waals surface area contributed by atoms with E-state index in [-0.39, 0.29) is 37.5 Å². The summed E-state index contributed by atoms with van der Waals surface area (Å²) in [7, 11) is 0. The minimum absolute atomic E-state index is 0.131. The van der Waals surface area contributed by atoms with Gasteiger partial charge < -0.3 is 28.6 Å². The van der Waals surface area contributed by atoms with Gasteiger partial charge in [0.1, 0.15) is 6.10 Å². The zero-order valence-electron chi connectivity index (χ0n) is 39.3. The van der Waals surface area contributed by atoms with Crippen LogP contribution in [0.2, 0.25) is 0 Å². The number of esters is 3. The Kier molecular flexibility index (Phi) is 40.4. The fraction of sp³-hybridized carbons (Fsp3) is 0.863. The quantitative estimate of drug-likeness (QED) is 0.0195. The van der Waals surface area contributed by atoms with Crippen molar-refractivity contribution in [3.63, 3.8) is 0 Å². The zero-order chi connectivity index (χ0) is 43.4. The van der Waals surface area contributed by atoms with Crippen LogP contribution in [0.15, 0.2) is 24.3 Å². The van der Waals surface area contributed by atoms with Crippen molar-refractivity contribution in [1.29, 1.82) is 0 Å². The average Bonchev–Trinajstić information content (AvgIpc) is 3.76. The smallest absolute Gasteiger partial charge is 0.306 e. The second-order valence-electron chi connectivity index (χ2n) is 17.0. The predicted molar refractivity (Wildman–Crippen MR) is 247 cm³/mol. The molecule has 1 fully saturated rings. The van der Waals surface area contributed by atoms with E-state index in [1.807, 2.05) is 0 Å². The number of ether oxygens (including phenoxy) is 5. The van der Waals surface area contributed by atoms with Crippen LogP contribution in [-0.4, -0.2) is 81.3 Å². The highest BCUT2D eigenvalue weighted by Crippen LogP contribution is 2.15. The number of hydrogen-bond donors (Lipinski definition) is 0. The van der Waals surface area contributed by atoms with Crippen molar-refractivity contribution >= 4 is 17.9 Å². The van der Waals surface area contributed by atoms with Gasteiger partial charge in [0.05, 0.1) is 19.6 Å². The minimum Gasteiger partial charge on any atom is -0.466 e. The summed E-state index contributed by atoms with van der Waals surface area (Å²) in [6.45, 7) is 11.4. The van der Waals surface area contributed by atoms with Crippen LogP contribution in [-0.2, 0) is 38.1 Å². The SMILES string of the molecule is CCCCC/C=C\C/C=C\CCCCCCCC(=O)OCCC(CCOC(=O)CCC(OCCCCCCCC)OCCCCCCCC)OC(=O)CCCN1CCCC1. The highest BCUT2D eigenvalue weighted by molar-refractivity contribution is 5.70. The molecule has 0 aromatic carbocycles. The number of nitrogens with zero attached hydrogens (tertiary/aromatic N) is 1. The van der Waals surface area contributed by atoms with Crippen LogP contribution in [0, 0.1) is 0 Å². The summed E-state index contributed by atoms with van der Waals surface area (Å²) in [5.74, 6) is -0.782. The third kappa shape index (κ3) is 37.5. The number of carbonyl (C=O) groups excluding carboxylic acids is 3. The lowest BCUT2D eigenvalue weighted by Crippen LogP contribution is -2.25. The van der Waals surface area contributed by atoms with E-state index in [2.05, 4.69) is 50.0 Å². The van der Waals surface area contributed by atoms with Crippen molar-refractivity contribution in [3.8, 4) is 0 Å². The van der Waals surface area contributed by atoms with Crippen molar-refractivity contribution < 1.29 is 38.1 Å². The molecule has 1 unspecified atom stereocenters. The average molecular weight is 848 g/mol. The van der Waals surface area contributed by atoms with Crippen molar-refractivity contribution in [2.24, 2.45) is 0 Å². The normalized spacial score (nSPS) is 13.9. The number of allylic oxidation sites excluding steroid dienone is 4. The number of carbonyl (C=O) groups is 3. The molecule has 1 heterocycles. The first kappa shape index (κ1) is 55.8. The van der Waals surface area contributed by atoms with Crippen LogP contribution >= 0.6 is 0 Å². The van der Waals surface area contributed by atoms with Crippen molar-refractivity contribution in [1.82, 2.24) is 4.90 Å². The number of rotatable bonds is 44. The van der Waals surface area contributed by atoms with E-state index in [9.17, 15) is 14.4 Å². The molecule has 0 radical (unpaired) electrons. The maximum Gasteiger partial charge on any atom is 0.306 e. The van der Waals surface area contributed by atoms with Gasteiger partial charge in [-0.3, -0.25) is 14.4 Å². The van der Waals surface area contributed by atoms with Gasteiger partial charge in [-0.25, -0.2) is 0 Å². The Morgan fingerprint density at radius 1 is 0.483 bits per heavy atom. The van der Waals surface area contributed by atoms with E-state index in [4.69, 9.17) is 23.7 Å². The summed E-state index contributed by atoms with van der Waals surface area (Å²) in [5, 5.41) is 0. The first-order valence-electron chi connectivity index (χ1n) is 25.2. The highest BCUT2D eigenvalue weighted by Gasteiger charge is 2.19. The summed E-state index contributed by atoms with van der Waals surface area (Å²) in [5.41, 5.74) is 0. The standard InChI is InChI=1S/C51H93NO8/c1-4-7-10-13-16-17-18-19-20-21-22-23-24-25-28-34-48(53)56-45-38-47(60-50(55)35-33-42-52-40-29-30-41-52)39-46-57-49(54)36-37-51(58-43-31-26-14-11-8-5-2)59-44-32-27-15-12-9-6-3/h16-17,19-20,47,51H,4-15,18,21-46H2,1-3H3/b17-16-,20-19-. The maximum absolute atomic E-state index is 12.8.